The lowest BCUT2D eigenvalue weighted by molar-refractivity contribution is -0.127. The first-order valence-corrected chi connectivity index (χ1v) is 10.3. The fourth-order valence-electron chi connectivity index (χ4n) is 3.61. The Bertz CT molecular complexity index is 1080. The Hall–Kier alpha value is -3.75. The summed E-state index contributed by atoms with van der Waals surface area (Å²) in [5.41, 5.74) is 1.82. The number of imide groups is 1. The topological polar surface area (TPSA) is 109 Å². The van der Waals surface area contributed by atoms with Crippen LogP contribution >= 0.6 is 0 Å². The number of fused-ring (bicyclic) bond motifs is 1. The molecule has 3 aromatic rings. The molecule has 1 aromatic carbocycles. The van der Waals surface area contributed by atoms with Crippen molar-refractivity contribution < 1.29 is 14.4 Å². The zero-order valence-corrected chi connectivity index (χ0v) is 17.0. The second-order valence-electron chi connectivity index (χ2n) is 7.41. The van der Waals surface area contributed by atoms with Crippen molar-refractivity contribution in [3.05, 3.63) is 66.1 Å². The molecule has 160 valence electrons. The van der Waals surface area contributed by atoms with Gasteiger partial charge in [0.2, 0.25) is 5.91 Å². The number of nitrogens with zero attached hydrogens (tertiary/aromatic N) is 4. The average Bonchev–Trinajstić information content (AvgIpc) is 3.32. The average molecular weight is 420 g/mol. The van der Waals surface area contributed by atoms with Gasteiger partial charge in [0, 0.05) is 32.1 Å². The molecule has 1 atom stereocenters. The van der Waals surface area contributed by atoms with E-state index in [0.717, 1.165) is 17.0 Å². The van der Waals surface area contributed by atoms with Crippen LogP contribution in [0.4, 0.5) is 4.79 Å². The van der Waals surface area contributed by atoms with Crippen LogP contribution < -0.4 is 10.6 Å². The minimum absolute atomic E-state index is 0.157. The Kier molecular flexibility index (Phi) is 6.21. The van der Waals surface area contributed by atoms with Crippen LogP contribution in [-0.4, -0.2) is 56.5 Å². The van der Waals surface area contributed by atoms with E-state index in [4.69, 9.17) is 0 Å². The van der Waals surface area contributed by atoms with Crippen LogP contribution in [0.15, 0.2) is 54.7 Å². The molecule has 0 unspecified atom stereocenters. The van der Waals surface area contributed by atoms with Crippen LogP contribution in [0.3, 0.4) is 0 Å². The third-order valence-corrected chi connectivity index (χ3v) is 5.29. The maximum Gasteiger partial charge on any atom is 0.324 e. The predicted octanol–water partition coefficient (Wildman–Crippen LogP) is 1.33. The van der Waals surface area contributed by atoms with Gasteiger partial charge in [-0.3, -0.25) is 18.9 Å². The molecule has 9 nitrogen and oxygen atoms in total. The van der Waals surface area contributed by atoms with Gasteiger partial charge in [-0.25, -0.2) is 4.79 Å². The lowest BCUT2D eigenvalue weighted by Gasteiger charge is -2.13. The summed E-state index contributed by atoms with van der Waals surface area (Å²) in [6.45, 7) is 0.742. The number of pyridine rings is 1. The van der Waals surface area contributed by atoms with Gasteiger partial charge in [0.05, 0.1) is 0 Å². The molecular formula is C22H24N6O3. The Morgan fingerprint density at radius 3 is 2.68 bits per heavy atom. The largest absolute Gasteiger partial charge is 0.356 e. The molecule has 2 N–H and O–H groups in total. The van der Waals surface area contributed by atoms with Crippen molar-refractivity contribution in [3.8, 4) is 0 Å². The van der Waals surface area contributed by atoms with Gasteiger partial charge in [-0.1, -0.05) is 36.4 Å². The van der Waals surface area contributed by atoms with Gasteiger partial charge in [-0.15, -0.1) is 10.2 Å². The number of benzene rings is 1. The second-order valence-corrected chi connectivity index (χ2v) is 7.41. The van der Waals surface area contributed by atoms with Crippen molar-refractivity contribution in [2.24, 2.45) is 0 Å². The highest BCUT2D eigenvalue weighted by molar-refractivity contribution is 6.04. The third-order valence-electron chi connectivity index (χ3n) is 5.29. The molecule has 3 heterocycles. The van der Waals surface area contributed by atoms with Crippen molar-refractivity contribution in [1.29, 1.82) is 0 Å². The summed E-state index contributed by atoms with van der Waals surface area (Å²) >= 11 is 0. The van der Waals surface area contributed by atoms with Crippen LogP contribution in [0.5, 0.6) is 0 Å². The summed E-state index contributed by atoms with van der Waals surface area (Å²) in [4.78, 5) is 38.1. The third kappa shape index (κ3) is 4.88. The van der Waals surface area contributed by atoms with Crippen LogP contribution in [0.1, 0.15) is 24.2 Å². The predicted molar refractivity (Wildman–Crippen MR) is 113 cm³/mol. The summed E-state index contributed by atoms with van der Waals surface area (Å²) in [6.07, 6.45) is 3.45. The van der Waals surface area contributed by atoms with Gasteiger partial charge < -0.3 is 10.6 Å². The van der Waals surface area contributed by atoms with Gasteiger partial charge in [-0.2, -0.15) is 0 Å². The molecule has 1 fully saturated rings. The first-order valence-electron chi connectivity index (χ1n) is 10.3. The number of hydrogen-bond donors (Lipinski definition) is 2. The minimum Gasteiger partial charge on any atom is -0.356 e. The number of hydrogen-bond acceptors (Lipinski definition) is 5. The standard InChI is InChI=1S/C22H24N6O3/c29-20(23-13-11-19-26-25-18-8-4-5-14-27(18)19)10-9-17-21(30)28(22(31)24-17)15-12-16-6-2-1-3-7-16/h1-8,14,17H,9-13,15H2,(H,23,29)(H,24,31)/t17-/m1/s1. The molecule has 1 aliphatic heterocycles. The molecule has 4 rings (SSSR count). The van der Waals surface area contributed by atoms with Gasteiger partial charge >= 0.3 is 6.03 Å². The molecule has 2 aromatic heterocycles. The molecule has 4 amide bonds. The van der Waals surface area contributed by atoms with Crippen molar-refractivity contribution >= 4 is 23.5 Å². The van der Waals surface area contributed by atoms with Crippen LogP contribution in [-0.2, 0) is 22.4 Å². The summed E-state index contributed by atoms with van der Waals surface area (Å²) in [7, 11) is 0. The van der Waals surface area contributed by atoms with E-state index in [0.29, 0.717) is 25.9 Å². The SMILES string of the molecule is O=C(CC[C@H]1NC(=O)N(CCc2ccccc2)C1=O)NCCc1nnc2ccccn12. The molecule has 0 bridgehead atoms. The summed E-state index contributed by atoms with van der Waals surface area (Å²) in [5, 5.41) is 13.7. The Labute approximate surface area is 179 Å². The normalized spacial score (nSPS) is 16.0. The Morgan fingerprint density at radius 1 is 1.03 bits per heavy atom. The van der Waals surface area contributed by atoms with E-state index in [9.17, 15) is 14.4 Å². The maximum atomic E-state index is 12.5. The zero-order valence-electron chi connectivity index (χ0n) is 17.0. The maximum absolute atomic E-state index is 12.5. The molecule has 0 saturated carbocycles. The highest BCUT2D eigenvalue weighted by Gasteiger charge is 2.37. The van der Waals surface area contributed by atoms with E-state index >= 15 is 0 Å². The summed E-state index contributed by atoms with van der Waals surface area (Å²) < 4.78 is 1.88. The summed E-state index contributed by atoms with van der Waals surface area (Å²) in [5.74, 6) is 0.324. The minimum atomic E-state index is -0.658. The van der Waals surface area contributed by atoms with Crippen LogP contribution in [0, 0.1) is 0 Å². The van der Waals surface area contributed by atoms with Crippen LogP contribution in [0.2, 0.25) is 0 Å². The molecule has 0 radical (unpaired) electrons. The molecule has 0 spiro atoms. The first kappa shape index (κ1) is 20.5. The molecule has 31 heavy (non-hydrogen) atoms. The molecule has 9 heteroatoms. The number of amides is 4. The van der Waals surface area contributed by atoms with E-state index in [1.54, 1.807) is 0 Å². The van der Waals surface area contributed by atoms with Crippen molar-refractivity contribution in [3.63, 3.8) is 0 Å². The van der Waals surface area contributed by atoms with E-state index in [1.165, 1.54) is 4.90 Å². The number of carbonyl (C=O) groups is 3. The quantitative estimate of drug-likeness (QED) is 0.508. The van der Waals surface area contributed by atoms with Gasteiger partial charge in [0.1, 0.15) is 11.9 Å². The van der Waals surface area contributed by atoms with Crippen molar-refractivity contribution in [2.45, 2.75) is 31.7 Å². The van der Waals surface area contributed by atoms with Crippen molar-refractivity contribution in [1.82, 2.24) is 30.1 Å². The van der Waals surface area contributed by atoms with Crippen LogP contribution in [0.25, 0.3) is 5.65 Å². The fourth-order valence-corrected chi connectivity index (χ4v) is 3.61. The van der Waals surface area contributed by atoms with E-state index in [1.807, 2.05) is 59.1 Å². The lowest BCUT2D eigenvalue weighted by Crippen LogP contribution is -2.34. The van der Waals surface area contributed by atoms with Crippen molar-refractivity contribution in [2.75, 3.05) is 13.1 Å². The monoisotopic (exact) mass is 420 g/mol. The molecule has 1 aliphatic rings. The highest BCUT2D eigenvalue weighted by atomic mass is 16.2. The first-order chi connectivity index (χ1) is 15.1. The Balaban J connectivity index is 1.20. The smallest absolute Gasteiger partial charge is 0.324 e. The Morgan fingerprint density at radius 2 is 1.84 bits per heavy atom. The van der Waals surface area contributed by atoms with Gasteiger partial charge in [0.25, 0.3) is 5.91 Å². The number of aromatic nitrogens is 3. The highest BCUT2D eigenvalue weighted by Crippen LogP contribution is 2.13. The number of carbonyl (C=O) groups excluding carboxylic acids is 3. The van der Waals surface area contributed by atoms with E-state index < -0.39 is 12.1 Å². The lowest BCUT2D eigenvalue weighted by atomic mass is 10.1. The number of rotatable bonds is 9. The van der Waals surface area contributed by atoms with Gasteiger partial charge in [0.15, 0.2) is 5.65 Å². The van der Waals surface area contributed by atoms with E-state index in [2.05, 4.69) is 20.8 Å². The number of nitrogens with one attached hydrogen (secondary N) is 2. The fraction of sp³-hybridized carbons (Fsp3) is 0.318. The molecule has 1 saturated heterocycles. The zero-order chi connectivity index (χ0) is 21.6. The summed E-state index contributed by atoms with van der Waals surface area (Å²) in [6, 6.07) is 14.3. The van der Waals surface area contributed by atoms with E-state index in [-0.39, 0.29) is 24.7 Å². The number of urea groups is 1. The second kappa shape index (κ2) is 9.38. The van der Waals surface area contributed by atoms with Gasteiger partial charge in [-0.05, 0) is 30.5 Å². The molecular weight excluding hydrogens is 396 g/mol. The molecule has 0 aliphatic carbocycles.